The van der Waals surface area contributed by atoms with E-state index in [-0.39, 0.29) is 18.0 Å². The summed E-state index contributed by atoms with van der Waals surface area (Å²) in [7, 11) is 1.89. The molecule has 1 aromatic carbocycles. The van der Waals surface area contributed by atoms with Crippen molar-refractivity contribution in [2.24, 2.45) is 0 Å². The van der Waals surface area contributed by atoms with Crippen LogP contribution in [0.2, 0.25) is 0 Å². The molecule has 2 atom stereocenters. The number of rotatable bonds is 0. The summed E-state index contributed by atoms with van der Waals surface area (Å²) in [5.41, 5.74) is 3.97. The molecule has 3 aromatic rings. The number of aryl methyl sites for hydroxylation is 2. The highest BCUT2D eigenvalue weighted by Gasteiger charge is 2.31. The summed E-state index contributed by atoms with van der Waals surface area (Å²) in [6.07, 6.45) is 3.38. The summed E-state index contributed by atoms with van der Waals surface area (Å²) in [6, 6.07) is 8.06. The first-order valence-electron chi connectivity index (χ1n) is 10.1. The zero-order chi connectivity index (χ0) is 20.0. The van der Waals surface area contributed by atoms with Crippen LogP contribution >= 0.6 is 0 Å². The molecule has 29 heavy (non-hydrogen) atoms. The Bertz CT molecular complexity index is 1080. The molecule has 4 bridgehead atoms. The van der Waals surface area contributed by atoms with Gasteiger partial charge in [0.25, 0.3) is 0 Å². The number of hydrogen-bond donors (Lipinski definition) is 2. The molecule has 2 N–H and O–H groups in total. The summed E-state index contributed by atoms with van der Waals surface area (Å²) in [5, 5.41) is 6.74. The Morgan fingerprint density at radius 1 is 1.17 bits per heavy atom. The van der Waals surface area contributed by atoms with Gasteiger partial charge in [-0.05, 0) is 31.9 Å². The summed E-state index contributed by atoms with van der Waals surface area (Å²) < 4.78 is 2.24. The molecule has 1 amide bonds. The number of carbonyl (C=O) groups excluding carboxylic acids is 1. The van der Waals surface area contributed by atoms with Crippen LogP contribution in [0.4, 0.5) is 5.95 Å². The number of amides is 1. The van der Waals surface area contributed by atoms with Crippen LogP contribution < -0.4 is 10.6 Å². The Kier molecular flexibility index (Phi) is 4.43. The Balaban J connectivity index is 1.62. The monoisotopic (exact) mass is 391 g/mol. The van der Waals surface area contributed by atoms with Gasteiger partial charge in [0.2, 0.25) is 11.9 Å². The maximum Gasteiger partial charge on any atom is 0.239 e. The summed E-state index contributed by atoms with van der Waals surface area (Å²) in [5.74, 6) is 1.70. The minimum absolute atomic E-state index is 0.126. The molecular formula is C21H25N7O. The molecule has 0 unspecified atom stereocenters. The number of carbonyl (C=O) groups is 1. The van der Waals surface area contributed by atoms with Crippen LogP contribution in [0.1, 0.15) is 18.7 Å². The van der Waals surface area contributed by atoms with Gasteiger partial charge in [0.05, 0.1) is 22.8 Å². The second-order valence-electron chi connectivity index (χ2n) is 7.90. The quantitative estimate of drug-likeness (QED) is 0.608. The van der Waals surface area contributed by atoms with E-state index in [1.807, 2.05) is 37.1 Å². The zero-order valence-electron chi connectivity index (χ0n) is 16.7. The van der Waals surface area contributed by atoms with Crippen molar-refractivity contribution in [1.29, 1.82) is 0 Å². The predicted molar refractivity (Wildman–Crippen MR) is 112 cm³/mol. The van der Waals surface area contributed by atoms with Crippen molar-refractivity contribution in [2.75, 3.05) is 25.5 Å². The van der Waals surface area contributed by atoms with Crippen molar-refractivity contribution in [3.8, 4) is 11.3 Å². The van der Waals surface area contributed by atoms with E-state index in [1.54, 1.807) is 6.20 Å². The third-order valence-corrected chi connectivity index (χ3v) is 5.90. The first kappa shape index (κ1) is 18.1. The van der Waals surface area contributed by atoms with E-state index in [2.05, 4.69) is 26.3 Å². The van der Waals surface area contributed by atoms with Crippen LogP contribution in [0.25, 0.3) is 22.3 Å². The van der Waals surface area contributed by atoms with E-state index in [9.17, 15) is 4.79 Å². The first-order valence-corrected chi connectivity index (χ1v) is 10.1. The Hall–Kier alpha value is -3.00. The molecule has 1 fully saturated rings. The molecule has 8 heteroatoms. The zero-order valence-corrected chi connectivity index (χ0v) is 16.7. The van der Waals surface area contributed by atoms with E-state index in [1.165, 1.54) is 0 Å². The van der Waals surface area contributed by atoms with Gasteiger partial charge >= 0.3 is 0 Å². The second kappa shape index (κ2) is 7.11. The lowest BCUT2D eigenvalue weighted by Crippen LogP contribution is -2.42. The molecule has 0 spiro atoms. The molecule has 4 heterocycles. The smallest absolute Gasteiger partial charge is 0.239 e. The molecule has 8 nitrogen and oxygen atoms in total. The Morgan fingerprint density at radius 2 is 2.07 bits per heavy atom. The fraction of sp³-hybridized carbons (Fsp3) is 0.429. The maximum atomic E-state index is 12.8. The number of benzene rings is 1. The number of nitrogens with zero attached hydrogens (tertiary/aromatic N) is 5. The highest BCUT2D eigenvalue weighted by molar-refractivity contribution is 5.91. The van der Waals surface area contributed by atoms with Gasteiger partial charge in [-0.3, -0.25) is 4.79 Å². The predicted octanol–water partition coefficient (Wildman–Crippen LogP) is 1.81. The molecule has 2 aromatic heterocycles. The fourth-order valence-electron chi connectivity index (χ4n) is 4.42. The minimum Gasteiger partial charge on any atom is -0.350 e. The van der Waals surface area contributed by atoms with E-state index >= 15 is 0 Å². The van der Waals surface area contributed by atoms with Crippen molar-refractivity contribution in [1.82, 2.24) is 29.7 Å². The van der Waals surface area contributed by atoms with E-state index in [0.29, 0.717) is 12.5 Å². The summed E-state index contributed by atoms with van der Waals surface area (Å²) >= 11 is 0. The minimum atomic E-state index is -0.162. The highest BCUT2D eigenvalue weighted by atomic mass is 16.2. The number of imidazole rings is 1. The van der Waals surface area contributed by atoms with Crippen molar-refractivity contribution >= 4 is 22.9 Å². The largest absolute Gasteiger partial charge is 0.350 e. The lowest BCUT2D eigenvalue weighted by atomic mass is 10.1. The van der Waals surface area contributed by atoms with E-state index < -0.39 is 0 Å². The van der Waals surface area contributed by atoms with Crippen LogP contribution in [0, 0.1) is 6.92 Å². The van der Waals surface area contributed by atoms with Crippen LogP contribution in [-0.4, -0.2) is 62.5 Å². The van der Waals surface area contributed by atoms with Gasteiger partial charge in [-0.25, -0.2) is 15.0 Å². The molecule has 0 radical (unpaired) electrons. The molecule has 0 aliphatic carbocycles. The third-order valence-electron chi connectivity index (χ3n) is 5.90. The lowest BCUT2D eigenvalue weighted by Gasteiger charge is -2.21. The van der Waals surface area contributed by atoms with Crippen molar-refractivity contribution in [3.63, 3.8) is 0 Å². The van der Waals surface area contributed by atoms with Gasteiger partial charge in [0, 0.05) is 44.5 Å². The van der Waals surface area contributed by atoms with E-state index in [4.69, 9.17) is 9.97 Å². The molecule has 150 valence electrons. The fourth-order valence-corrected chi connectivity index (χ4v) is 4.42. The molecule has 5 rings (SSSR count). The van der Waals surface area contributed by atoms with Gasteiger partial charge in [-0.2, -0.15) is 0 Å². The topological polar surface area (TPSA) is 88.0 Å². The average molecular weight is 391 g/mol. The van der Waals surface area contributed by atoms with E-state index in [0.717, 1.165) is 54.0 Å². The van der Waals surface area contributed by atoms with Gasteiger partial charge in [0.1, 0.15) is 5.82 Å². The molecule has 1 saturated heterocycles. The number of aromatic nitrogens is 4. The first-order chi connectivity index (χ1) is 14.1. The summed E-state index contributed by atoms with van der Waals surface area (Å²) in [4.78, 5) is 28.6. The number of anilines is 1. The average Bonchev–Trinajstić information content (AvgIpc) is 3.31. The molecule has 2 aliphatic rings. The van der Waals surface area contributed by atoms with Gasteiger partial charge < -0.3 is 20.1 Å². The molecular weight excluding hydrogens is 366 g/mol. The van der Waals surface area contributed by atoms with Crippen LogP contribution in [0.5, 0.6) is 0 Å². The number of fused-ring (bicyclic) bond motifs is 5. The number of hydrogen-bond acceptors (Lipinski definition) is 6. The van der Waals surface area contributed by atoms with Crippen LogP contribution in [-0.2, 0) is 11.3 Å². The van der Waals surface area contributed by atoms with Gasteiger partial charge in [-0.15, -0.1) is 0 Å². The van der Waals surface area contributed by atoms with Crippen LogP contribution in [0.3, 0.4) is 0 Å². The highest BCUT2D eigenvalue weighted by Crippen LogP contribution is 2.29. The van der Waals surface area contributed by atoms with Gasteiger partial charge in [0.15, 0.2) is 0 Å². The Labute approximate surface area is 169 Å². The second-order valence-corrected chi connectivity index (χ2v) is 7.90. The third kappa shape index (κ3) is 3.23. The van der Waals surface area contributed by atoms with Crippen molar-refractivity contribution < 1.29 is 4.79 Å². The molecule has 2 aliphatic heterocycles. The van der Waals surface area contributed by atoms with Crippen molar-refractivity contribution in [2.45, 2.75) is 38.4 Å². The normalized spacial score (nSPS) is 22.3. The number of nitrogens with one attached hydrogen (secondary N) is 2. The molecule has 0 saturated carbocycles. The van der Waals surface area contributed by atoms with Gasteiger partial charge in [-0.1, -0.05) is 12.1 Å². The standard InChI is InChI=1S/C21H25N7O/c1-13-24-17-6-3-5-15-16-7-8-22-21(26-16)25-14-11-18(23-12-14)20(29)27(2)9-4-10-28(13)19(15)17/h3,5-8,14,18,23H,4,9-12H2,1-2H3,(H,22,25,26)/t14-,18-/m0/s1. The lowest BCUT2D eigenvalue weighted by molar-refractivity contribution is -0.131. The maximum absolute atomic E-state index is 12.8. The summed E-state index contributed by atoms with van der Waals surface area (Å²) in [6.45, 7) is 4.26. The SMILES string of the molecule is Cc1nc2cccc3c2n1CCCN(C)C(=O)[C@@H]1C[C@@H](CN1)Nc1nccc-3n1. The number of likely N-dealkylation sites (N-methyl/N-ethyl adjacent to an activating group) is 1. The Morgan fingerprint density at radius 3 is 2.97 bits per heavy atom. The number of para-hydroxylation sites is 1. The van der Waals surface area contributed by atoms with Crippen LogP contribution in [0.15, 0.2) is 30.5 Å². The van der Waals surface area contributed by atoms with Crippen molar-refractivity contribution in [3.05, 3.63) is 36.3 Å².